The summed E-state index contributed by atoms with van der Waals surface area (Å²) >= 11 is 0. The molecule has 0 saturated carbocycles. The van der Waals surface area contributed by atoms with Gasteiger partial charge in [0.2, 0.25) is 0 Å². The summed E-state index contributed by atoms with van der Waals surface area (Å²) in [7, 11) is 0. The quantitative estimate of drug-likeness (QED) is 0.419. The molecule has 2 rings (SSSR count). The molecule has 0 aliphatic rings. The van der Waals surface area contributed by atoms with E-state index in [1.807, 2.05) is 31.2 Å². The summed E-state index contributed by atoms with van der Waals surface area (Å²) in [5.41, 5.74) is 3.02. The number of halogens is 3. The van der Waals surface area contributed by atoms with Crippen molar-refractivity contribution in [2.75, 3.05) is 0 Å². The van der Waals surface area contributed by atoms with Crippen molar-refractivity contribution >= 4 is 5.57 Å². The van der Waals surface area contributed by atoms with Crippen LogP contribution in [0.4, 0.5) is 13.2 Å². The van der Waals surface area contributed by atoms with Crippen molar-refractivity contribution in [2.45, 2.75) is 46.2 Å². The summed E-state index contributed by atoms with van der Waals surface area (Å²) in [6.07, 6.45) is 11.2. The van der Waals surface area contributed by atoms with Gasteiger partial charge in [-0.3, -0.25) is 4.98 Å². The molecule has 0 aliphatic carbocycles. The minimum absolute atomic E-state index is 0.158. The summed E-state index contributed by atoms with van der Waals surface area (Å²) in [4.78, 5) is 9.42. The highest BCUT2D eigenvalue weighted by atomic mass is 19.4. The highest BCUT2D eigenvalue weighted by Gasteiger charge is 2.32. The highest BCUT2D eigenvalue weighted by molar-refractivity contribution is 5.82. The third-order valence-corrected chi connectivity index (χ3v) is 4.56. The van der Waals surface area contributed by atoms with Crippen LogP contribution in [0.1, 0.15) is 49.2 Å². The van der Waals surface area contributed by atoms with Gasteiger partial charge in [0.05, 0.1) is 22.6 Å². The molecule has 2 nitrogen and oxygen atoms in total. The Balaban J connectivity index is 2.66. The number of unbranched alkanes of at least 4 members (excludes halogenated alkanes) is 1. The fourth-order valence-electron chi connectivity index (χ4n) is 3.08. The van der Waals surface area contributed by atoms with Crippen LogP contribution in [0, 0.1) is 6.92 Å². The Kier molecular flexibility index (Phi) is 8.34. The fraction of sp³-hybridized carbons (Fsp3) is 0.280. The van der Waals surface area contributed by atoms with E-state index in [9.17, 15) is 13.2 Å². The smallest absolute Gasteiger partial charge is 0.252 e. The van der Waals surface area contributed by atoms with E-state index in [2.05, 4.69) is 18.5 Å². The second-order valence-electron chi connectivity index (χ2n) is 6.93. The Morgan fingerprint density at radius 1 is 1.20 bits per heavy atom. The molecule has 158 valence electrons. The molecule has 0 spiro atoms. The first-order valence-electron chi connectivity index (χ1n) is 9.98. The first kappa shape index (κ1) is 23.3. The van der Waals surface area contributed by atoms with E-state index in [-0.39, 0.29) is 5.56 Å². The van der Waals surface area contributed by atoms with E-state index >= 15 is 0 Å². The standard InChI is InChI=1S/C25H27F3N2/c1-5-8-10-12-19(11-7-3)24-23(29-17-21(30-24)13-9-6-2)20-14-15-22(18(4)16-20)25(26,27)28/h5,7-8,10-12,14-17H,1,6,9,13H2,2-4H3/b10-8+,11-7-,19-12+. The van der Waals surface area contributed by atoms with Gasteiger partial charge in [0.25, 0.3) is 0 Å². The van der Waals surface area contributed by atoms with Gasteiger partial charge in [-0.25, -0.2) is 4.98 Å². The minimum Gasteiger partial charge on any atom is -0.252 e. The van der Waals surface area contributed by atoms with Crippen LogP contribution in [0.3, 0.4) is 0 Å². The molecule has 2 aromatic rings. The molecule has 1 aromatic heterocycles. The summed E-state index contributed by atoms with van der Waals surface area (Å²) in [6.45, 7) is 9.15. The van der Waals surface area contributed by atoms with Crippen molar-refractivity contribution in [2.24, 2.45) is 0 Å². The van der Waals surface area contributed by atoms with Gasteiger partial charge >= 0.3 is 6.18 Å². The number of benzene rings is 1. The number of aryl methyl sites for hydroxylation is 2. The number of allylic oxidation sites excluding steroid dienone is 7. The van der Waals surface area contributed by atoms with Crippen LogP contribution in [-0.2, 0) is 12.6 Å². The number of hydrogen-bond donors (Lipinski definition) is 0. The van der Waals surface area contributed by atoms with Gasteiger partial charge in [0, 0.05) is 17.3 Å². The zero-order valence-electron chi connectivity index (χ0n) is 17.6. The van der Waals surface area contributed by atoms with Gasteiger partial charge in [-0.1, -0.05) is 62.4 Å². The van der Waals surface area contributed by atoms with E-state index in [0.29, 0.717) is 17.0 Å². The SMILES string of the molecule is C=C/C=C/C=C(\C=C/C)c1nc(CCCC)cnc1-c1ccc(C(F)(F)F)c(C)c1. The summed E-state index contributed by atoms with van der Waals surface area (Å²) in [6, 6.07) is 4.09. The van der Waals surface area contributed by atoms with Crippen LogP contribution < -0.4 is 0 Å². The summed E-state index contributed by atoms with van der Waals surface area (Å²) in [5, 5.41) is 0. The predicted octanol–water partition coefficient (Wildman–Crippen LogP) is 7.52. The third kappa shape index (κ3) is 6.02. The lowest BCUT2D eigenvalue weighted by molar-refractivity contribution is -0.138. The van der Waals surface area contributed by atoms with Crippen LogP contribution in [0.15, 0.2) is 67.4 Å². The van der Waals surface area contributed by atoms with Crippen LogP contribution in [0.2, 0.25) is 0 Å². The molecule has 30 heavy (non-hydrogen) atoms. The minimum atomic E-state index is -4.38. The van der Waals surface area contributed by atoms with Crippen molar-refractivity contribution in [1.82, 2.24) is 9.97 Å². The van der Waals surface area contributed by atoms with Crippen LogP contribution in [-0.4, -0.2) is 9.97 Å². The van der Waals surface area contributed by atoms with Gasteiger partial charge in [0.1, 0.15) is 0 Å². The Morgan fingerprint density at radius 2 is 1.97 bits per heavy atom. The average Bonchev–Trinajstić information content (AvgIpc) is 2.70. The van der Waals surface area contributed by atoms with Gasteiger partial charge in [0.15, 0.2) is 0 Å². The normalized spacial score (nSPS) is 12.8. The van der Waals surface area contributed by atoms with Crippen molar-refractivity contribution < 1.29 is 13.2 Å². The Labute approximate surface area is 176 Å². The molecule has 0 saturated heterocycles. The molecule has 0 fully saturated rings. The van der Waals surface area contributed by atoms with Gasteiger partial charge in [-0.05, 0) is 44.4 Å². The first-order valence-corrected chi connectivity index (χ1v) is 9.98. The van der Waals surface area contributed by atoms with Crippen LogP contribution >= 0.6 is 0 Å². The van der Waals surface area contributed by atoms with Gasteiger partial charge in [-0.2, -0.15) is 13.2 Å². The molecule has 0 bridgehead atoms. The number of nitrogens with zero attached hydrogens (tertiary/aromatic N) is 2. The van der Waals surface area contributed by atoms with Crippen molar-refractivity contribution in [3.63, 3.8) is 0 Å². The maximum Gasteiger partial charge on any atom is 0.416 e. The molecule has 0 radical (unpaired) electrons. The molecule has 0 aliphatic heterocycles. The van der Waals surface area contributed by atoms with E-state index in [4.69, 9.17) is 4.98 Å². The second kappa shape index (κ2) is 10.7. The maximum atomic E-state index is 13.2. The summed E-state index contributed by atoms with van der Waals surface area (Å²) < 4.78 is 39.5. The molecule has 1 aromatic carbocycles. The lowest BCUT2D eigenvalue weighted by Crippen LogP contribution is -2.08. The zero-order valence-corrected chi connectivity index (χ0v) is 17.6. The third-order valence-electron chi connectivity index (χ3n) is 4.56. The van der Waals surface area contributed by atoms with Crippen molar-refractivity contribution in [3.05, 3.63) is 89.9 Å². The summed E-state index contributed by atoms with van der Waals surface area (Å²) in [5.74, 6) is 0. The largest absolute Gasteiger partial charge is 0.416 e. The van der Waals surface area contributed by atoms with Crippen LogP contribution in [0.5, 0.6) is 0 Å². The molecule has 5 heteroatoms. The predicted molar refractivity (Wildman–Crippen MR) is 118 cm³/mol. The van der Waals surface area contributed by atoms with Crippen LogP contribution in [0.25, 0.3) is 16.8 Å². The molecular formula is C25H27F3N2. The van der Waals surface area contributed by atoms with Gasteiger partial charge < -0.3 is 0 Å². The molecular weight excluding hydrogens is 385 g/mol. The lowest BCUT2D eigenvalue weighted by atomic mass is 9.98. The van der Waals surface area contributed by atoms with Crippen molar-refractivity contribution in [1.29, 1.82) is 0 Å². The Bertz CT molecular complexity index is 967. The monoisotopic (exact) mass is 412 g/mol. The van der Waals surface area contributed by atoms with Gasteiger partial charge in [-0.15, -0.1) is 0 Å². The average molecular weight is 412 g/mol. The fourth-order valence-corrected chi connectivity index (χ4v) is 3.08. The second-order valence-corrected chi connectivity index (χ2v) is 6.93. The first-order chi connectivity index (χ1) is 14.3. The molecule has 0 N–H and O–H groups in total. The molecule has 0 atom stereocenters. The maximum absolute atomic E-state index is 13.2. The van der Waals surface area contributed by atoms with E-state index in [1.54, 1.807) is 18.3 Å². The molecule has 0 amide bonds. The number of aromatic nitrogens is 2. The molecule has 1 heterocycles. The van der Waals surface area contributed by atoms with Crippen molar-refractivity contribution in [3.8, 4) is 11.3 Å². The van der Waals surface area contributed by atoms with E-state index in [0.717, 1.165) is 36.6 Å². The number of hydrogen-bond acceptors (Lipinski definition) is 2. The zero-order chi connectivity index (χ0) is 22.1. The van der Waals surface area contributed by atoms with E-state index in [1.165, 1.54) is 19.1 Å². The Hall–Kier alpha value is -2.95. The highest BCUT2D eigenvalue weighted by Crippen LogP contribution is 2.35. The molecule has 0 unspecified atom stereocenters. The Morgan fingerprint density at radius 3 is 2.57 bits per heavy atom. The lowest BCUT2D eigenvalue weighted by Gasteiger charge is -2.14. The topological polar surface area (TPSA) is 25.8 Å². The number of rotatable bonds is 8. The number of alkyl halides is 3. The van der Waals surface area contributed by atoms with E-state index < -0.39 is 11.7 Å².